The molecule has 2 fully saturated rings. The van der Waals surface area contributed by atoms with Gasteiger partial charge in [0.1, 0.15) is 6.29 Å². The van der Waals surface area contributed by atoms with Gasteiger partial charge in [-0.1, -0.05) is 71.9 Å². The lowest BCUT2D eigenvalue weighted by Gasteiger charge is -2.57. The van der Waals surface area contributed by atoms with Crippen LogP contribution in [0, 0.1) is 29.1 Å². The van der Waals surface area contributed by atoms with Crippen LogP contribution in [0.15, 0.2) is 83.0 Å². The molecule has 6 N–H and O–H groups in total. The van der Waals surface area contributed by atoms with Crippen molar-refractivity contribution in [2.75, 3.05) is 33.4 Å². The lowest BCUT2D eigenvalue weighted by Crippen LogP contribution is -2.61. The predicted octanol–water partition coefficient (Wildman–Crippen LogP) is 5.93. The van der Waals surface area contributed by atoms with E-state index in [1.54, 1.807) is 0 Å². The first-order valence-electron chi connectivity index (χ1n) is 19.6. The van der Waals surface area contributed by atoms with Gasteiger partial charge in [0.15, 0.2) is 0 Å². The number of hydrogen-bond acceptors (Lipinski definition) is 7. The van der Waals surface area contributed by atoms with Gasteiger partial charge >= 0.3 is 0 Å². The molecule has 1 aliphatic heterocycles. The van der Waals surface area contributed by atoms with Crippen molar-refractivity contribution in [1.29, 1.82) is 0 Å². The zero-order valence-corrected chi connectivity index (χ0v) is 31.4. The molecule has 8 atom stereocenters. The van der Waals surface area contributed by atoms with E-state index in [4.69, 9.17) is 0 Å². The second-order valence-electron chi connectivity index (χ2n) is 16.1. The maximum Gasteiger partial charge on any atom is 0.145 e. The van der Waals surface area contributed by atoms with Crippen LogP contribution in [-0.4, -0.2) is 77.8 Å². The highest BCUT2D eigenvalue weighted by atomic mass is 16.3. The van der Waals surface area contributed by atoms with Crippen molar-refractivity contribution in [3.63, 3.8) is 0 Å². The van der Waals surface area contributed by atoms with E-state index < -0.39 is 17.1 Å². The molecule has 0 radical (unpaired) electrons. The summed E-state index contributed by atoms with van der Waals surface area (Å²) in [5.74, 6) is 0.0628. The smallest absolute Gasteiger partial charge is 0.145 e. The van der Waals surface area contributed by atoms with Crippen LogP contribution in [0.2, 0.25) is 0 Å². The Balaban J connectivity index is 1.44. The van der Waals surface area contributed by atoms with Crippen LogP contribution in [-0.2, 0) is 17.6 Å². The number of carbonyl (C=O) groups excluding carboxylic acids is 1. The quantitative estimate of drug-likeness (QED) is 0.0692. The minimum absolute atomic E-state index is 0.00538. The predicted molar refractivity (Wildman–Crippen MR) is 206 cm³/mol. The number of hydrogen-bond donors (Lipinski definition) is 6. The molecule has 7 heteroatoms. The zero-order valence-electron chi connectivity index (χ0n) is 31.4. The molecule has 1 aromatic rings. The van der Waals surface area contributed by atoms with Crippen molar-refractivity contribution in [2.45, 2.75) is 109 Å². The van der Waals surface area contributed by atoms with Gasteiger partial charge in [0.2, 0.25) is 0 Å². The molecule has 0 saturated heterocycles. The second-order valence-corrected chi connectivity index (χ2v) is 16.1. The molecule has 1 spiro atoms. The molecule has 3 aliphatic carbocycles. The van der Waals surface area contributed by atoms with E-state index in [1.165, 1.54) is 23.1 Å². The molecule has 7 nitrogen and oxygen atoms in total. The van der Waals surface area contributed by atoms with Crippen LogP contribution >= 0.6 is 0 Å². The number of nitrogens with one attached hydrogen (secondary N) is 2. The van der Waals surface area contributed by atoms with Crippen molar-refractivity contribution in [3.05, 3.63) is 94.1 Å². The van der Waals surface area contributed by atoms with Gasteiger partial charge < -0.3 is 31.1 Å². The summed E-state index contributed by atoms with van der Waals surface area (Å²) in [6.07, 6.45) is 17.7. The third-order valence-corrected chi connectivity index (χ3v) is 13.0. The lowest BCUT2D eigenvalue weighted by atomic mass is 9.51. The normalized spacial score (nSPS) is 34.2. The maximum absolute atomic E-state index is 12.5. The molecule has 4 bridgehead atoms. The van der Waals surface area contributed by atoms with Crippen LogP contribution in [0.25, 0.3) is 0 Å². The van der Waals surface area contributed by atoms with Crippen molar-refractivity contribution >= 4 is 6.29 Å². The zero-order chi connectivity index (χ0) is 36.6. The Hall–Kier alpha value is -2.65. The van der Waals surface area contributed by atoms with E-state index in [2.05, 4.69) is 60.6 Å². The van der Waals surface area contributed by atoms with Crippen molar-refractivity contribution in [1.82, 2.24) is 10.6 Å². The van der Waals surface area contributed by atoms with Gasteiger partial charge in [-0.25, -0.2) is 0 Å². The first kappa shape index (κ1) is 39.6. The fourth-order valence-electron chi connectivity index (χ4n) is 10.3. The number of carbonyl (C=O) groups is 1. The summed E-state index contributed by atoms with van der Waals surface area (Å²) in [6, 6.07) is 9.41. The minimum atomic E-state index is -1.16. The van der Waals surface area contributed by atoms with E-state index in [1.807, 2.05) is 26.1 Å². The first-order valence-corrected chi connectivity index (χ1v) is 19.6. The minimum Gasteiger partial charge on any atom is -0.396 e. The number of fused-ring (bicyclic) bond motifs is 3. The van der Waals surface area contributed by atoms with E-state index in [-0.39, 0.29) is 31.0 Å². The van der Waals surface area contributed by atoms with Crippen molar-refractivity contribution in [2.24, 2.45) is 29.1 Å². The highest BCUT2D eigenvalue weighted by molar-refractivity contribution is 5.74. The standard InChI is InChI=1S/C44H64N2O5/c1-30(40-26-34-11-6-10-33(24-34)23-32(3)46-27-35-12-7-13-36(40)25-35)9-5-14-37(29-49)39-17-19-44(42(39)50)41(15-8-22-47)38(31(2)28-48)16-18-43(44,51)20-21-45-4/h5-6,9-11,14,24-25,28,32,36,39-42,45-47,49-51H,1,7-8,12-13,15-23,26-27,29H2,2-4H3. The Morgan fingerprint density at radius 1 is 1.12 bits per heavy atom. The first-order chi connectivity index (χ1) is 24.6. The molecular weight excluding hydrogens is 636 g/mol. The van der Waals surface area contributed by atoms with Crippen LogP contribution in [0.5, 0.6) is 0 Å². The lowest BCUT2D eigenvalue weighted by molar-refractivity contribution is -0.180. The summed E-state index contributed by atoms with van der Waals surface area (Å²) >= 11 is 0. The number of allylic oxidation sites excluding steroid dienone is 7. The summed E-state index contributed by atoms with van der Waals surface area (Å²) in [7, 11) is 1.87. The monoisotopic (exact) mass is 700 g/mol. The summed E-state index contributed by atoms with van der Waals surface area (Å²) in [5.41, 5.74) is 5.58. The number of benzene rings is 1. The van der Waals surface area contributed by atoms with E-state index in [0.717, 1.165) is 55.2 Å². The Morgan fingerprint density at radius 3 is 2.63 bits per heavy atom. The van der Waals surface area contributed by atoms with Crippen LogP contribution < -0.4 is 10.6 Å². The Bertz CT molecular complexity index is 1490. The molecular formula is C44H64N2O5. The average Bonchev–Trinajstić information content (AvgIpc) is 3.48. The maximum atomic E-state index is 12.5. The summed E-state index contributed by atoms with van der Waals surface area (Å²) in [5, 5.41) is 52.4. The van der Waals surface area contributed by atoms with Gasteiger partial charge in [-0.2, -0.15) is 0 Å². The van der Waals surface area contributed by atoms with Crippen LogP contribution in [0.4, 0.5) is 0 Å². The fraction of sp³-hybridized carbons (Fsp3) is 0.614. The van der Waals surface area contributed by atoms with Gasteiger partial charge in [0.05, 0.1) is 18.3 Å². The number of aldehydes is 1. The second kappa shape index (κ2) is 17.9. The van der Waals surface area contributed by atoms with Crippen molar-refractivity contribution in [3.8, 4) is 0 Å². The SMILES string of the molecule is C=C(C=CC=C(CO)C1CCC2(C(CCCO)C(=C(C)C=O)CCC2(O)CCNC)C1O)C1Cc2cccc(c2)CC(C)NCC2=CC1CCC2. The summed E-state index contributed by atoms with van der Waals surface area (Å²) < 4.78 is 0. The van der Waals surface area contributed by atoms with Gasteiger partial charge in [-0.05, 0) is 145 Å². The molecule has 8 unspecified atom stereocenters. The molecule has 5 rings (SSSR count). The summed E-state index contributed by atoms with van der Waals surface area (Å²) in [6.45, 7) is 10.0. The number of aliphatic hydroxyl groups is 4. The van der Waals surface area contributed by atoms with Crippen LogP contribution in [0.3, 0.4) is 0 Å². The molecule has 0 amide bonds. The van der Waals surface area contributed by atoms with Crippen LogP contribution in [0.1, 0.15) is 89.2 Å². The van der Waals surface area contributed by atoms with Gasteiger partial charge in [-0.15, -0.1) is 0 Å². The molecule has 280 valence electrons. The number of rotatable bonds is 12. The van der Waals surface area contributed by atoms with Gasteiger partial charge in [-0.3, -0.25) is 4.79 Å². The Kier molecular flexibility index (Phi) is 13.9. The highest BCUT2D eigenvalue weighted by Crippen LogP contribution is 2.63. The third-order valence-electron chi connectivity index (χ3n) is 13.0. The van der Waals surface area contributed by atoms with Crippen molar-refractivity contribution < 1.29 is 25.2 Å². The molecule has 2 saturated carbocycles. The fourth-order valence-corrected chi connectivity index (χ4v) is 10.3. The van der Waals surface area contributed by atoms with E-state index in [0.29, 0.717) is 69.0 Å². The molecule has 4 aliphatic rings. The Morgan fingerprint density at radius 2 is 1.90 bits per heavy atom. The van der Waals surface area contributed by atoms with E-state index >= 15 is 0 Å². The molecule has 1 heterocycles. The van der Waals surface area contributed by atoms with Gasteiger partial charge in [0.25, 0.3) is 0 Å². The molecule has 0 aromatic heterocycles. The molecule has 51 heavy (non-hydrogen) atoms. The number of aliphatic hydroxyl groups excluding tert-OH is 3. The molecule has 1 aromatic carbocycles. The third kappa shape index (κ3) is 8.61. The van der Waals surface area contributed by atoms with E-state index in [9.17, 15) is 25.2 Å². The largest absolute Gasteiger partial charge is 0.396 e. The highest BCUT2D eigenvalue weighted by Gasteiger charge is 2.65. The summed E-state index contributed by atoms with van der Waals surface area (Å²) in [4.78, 5) is 12.1. The van der Waals surface area contributed by atoms with Gasteiger partial charge in [0, 0.05) is 30.5 Å². The topological polar surface area (TPSA) is 122 Å². The Labute approximate surface area is 306 Å². The average molecular weight is 701 g/mol.